The standard InChI is InChI=1S/C14H14BrCl2NS/c1-2-5-18-14(10-7-19-8-11(10)15)9-3-4-12(16)13(17)6-9/h3-4,6-8,14,18H,2,5H2,1H3. The van der Waals surface area contributed by atoms with Crippen LogP contribution in [0.2, 0.25) is 10.0 Å². The fraction of sp³-hybridized carbons (Fsp3) is 0.286. The van der Waals surface area contributed by atoms with Crippen LogP contribution in [0.25, 0.3) is 0 Å². The van der Waals surface area contributed by atoms with E-state index in [1.54, 1.807) is 11.3 Å². The molecule has 1 N–H and O–H groups in total. The van der Waals surface area contributed by atoms with Gasteiger partial charge >= 0.3 is 0 Å². The second kappa shape index (κ2) is 7.09. The second-order valence-corrected chi connectivity index (χ2v) is 6.65. The highest BCUT2D eigenvalue weighted by Gasteiger charge is 2.17. The van der Waals surface area contributed by atoms with Gasteiger partial charge < -0.3 is 5.32 Å². The molecule has 0 aliphatic heterocycles. The zero-order valence-electron chi connectivity index (χ0n) is 10.4. The van der Waals surface area contributed by atoms with Crippen molar-refractivity contribution in [3.8, 4) is 0 Å². The van der Waals surface area contributed by atoms with Gasteiger partial charge in [-0.1, -0.05) is 36.2 Å². The lowest BCUT2D eigenvalue weighted by molar-refractivity contribution is 0.598. The van der Waals surface area contributed by atoms with Gasteiger partial charge in [-0.25, -0.2) is 0 Å². The third-order valence-corrected chi connectivity index (χ3v) is 5.32. The summed E-state index contributed by atoms with van der Waals surface area (Å²) in [4.78, 5) is 0. The van der Waals surface area contributed by atoms with Crippen molar-refractivity contribution in [1.29, 1.82) is 0 Å². The first-order valence-corrected chi connectivity index (χ1v) is 8.52. The predicted octanol–water partition coefficient (Wildman–Crippen LogP) is 5.91. The van der Waals surface area contributed by atoms with Crippen LogP contribution >= 0.6 is 50.5 Å². The van der Waals surface area contributed by atoms with Crippen molar-refractivity contribution in [2.24, 2.45) is 0 Å². The van der Waals surface area contributed by atoms with Gasteiger partial charge in [-0.2, -0.15) is 11.3 Å². The minimum Gasteiger partial charge on any atom is -0.306 e. The molecule has 1 aromatic carbocycles. The molecule has 2 rings (SSSR count). The van der Waals surface area contributed by atoms with Crippen LogP contribution in [0.4, 0.5) is 0 Å². The molecule has 0 amide bonds. The van der Waals surface area contributed by atoms with Crippen molar-refractivity contribution >= 4 is 50.5 Å². The lowest BCUT2D eigenvalue weighted by Gasteiger charge is -2.19. The summed E-state index contributed by atoms with van der Waals surface area (Å²) in [6, 6.07) is 5.93. The molecule has 1 atom stereocenters. The molecule has 2 aromatic rings. The van der Waals surface area contributed by atoms with Crippen molar-refractivity contribution in [3.05, 3.63) is 54.6 Å². The maximum absolute atomic E-state index is 6.12. The number of nitrogens with one attached hydrogen (secondary N) is 1. The molecule has 1 unspecified atom stereocenters. The van der Waals surface area contributed by atoms with Crippen LogP contribution in [0.3, 0.4) is 0 Å². The molecule has 0 saturated carbocycles. The van der Waals surface area contributed by atoms with E-state index in [1.807, 2.05) is 18.2 Å². The van der Waals surface area contributed by atoms with E-state index in [9.17, 15) is 0 Å². The summed E-state index contributed by atoms with van der Waals surface area (Å²) in [7, 11) is 0. The monoisotopic (exact) mass is 377 g/mol. The average Bonchev–Trinajstić information content (AvgIpc) is 2.80. The van der Waals surface area contributed by atoms with Crippen LogP contribution in [0.15, 0.2) is 33.4 Å². The van der Waals surface area contributed by atoms with Gasteiger partial charge in [0.2, 0.25) is 0 Å². The zero-order chi connectivity index (χ0) is 13.8. The SMILES string of the molecule is CCCNC(c1ccc(Cl)c(Cl)c1)c1cscc1Br. The normalized spacial score (nSPS) is 12.6. The van der Waals surface area contributed by atoms with Crippen molar-refractivity contribution < 1.29 is 0 Å². The van der Waals surface area contributed by atoms with Gasteiger partial charge in [0.05, 0.1) is 16.1 Å². The van der Waals surface area contributed by atoms with Gasteiger partial charge in [0, 0.05) is 9.85 Å². The predicted molar refractivity (Wildman–Crippen MR) is 88.6 cm³/mol. The summed E-state index contributed by atoms with van der Waals surface area (Å²) >= 11 is 17.4. The van der Waals surface area contributed by atoms with E-state index in [-0.39, 0.29) is 6.04 Å². The molecule has 1 aromatic heterocycles. The quantitative estimate of drug-likeness (QED) is 0.682. The van der Waals surface area contributed by atoms with Crippen molar-refractivity contribution in [2.75, 3.05) is 6.54 Å². The Morgan fingerprint density at radius 2 is 2.05 bits per heavy atom. The molecule has 102 valence electrons. The molecule has 0 fully saturated rings. The van der Waals surface area contributed by atoms with Crippen LogP contribution < -0.4 is 5.32 Å². The molecule has 0 aliphatic rings. The van der Waals surface area contributed by atoms with E-state index in [1.165, 1.54) is 5.56 Å². The highest BCUT2D eigenvalue weighted by Crippen LogP contribution is 2.34. The number of rotatable bonds is 5. The summed E-state index contributed by atoms with van der Waals surface area (Å²) in [6.07, 6.45) is 1.08. The summed E-state index contributed by atoms with van der Waals surface area (Å²) in [6.45, 7) is 3.11. The van der Waals surface area contributed by atoms with Gasteiger partial charge in [0.25, 0.3) is 0 Å². The van der Waals surface area contributed by atoms with Gasteiger partial charge in [0.1, 0.15) is 0 Å². The summed E-state index contributed by atoms with van der Waals surface area (Å²) in [5.74, 6) is 0. The summed E-state index contributed by atoms with van der Waals surface area (Å²) in [5, 5.41) is 8.97. The largest absolute Gasteiger partial charge is 0.306 e. The zero-order valence-corrected chi connectivity index (χ0v) is 14.3. The molecule has 0 radical (unpaired) electrons. The fourth-order valence-electron chi connectivity index (χ4n) is 1.89. The number of benzene rings is 1. The Labute approximate surface area is 136 Å². The maximum Gasteiger partial charge on any atom is 0.0596 e. The third-order valence-electron chi connectivity index (χ3n) is 2.83. The number of hydrogen-bond donors (Lipinski definition) is 1. The van der Waals surface area contributed by atoms with Crippen LogP contribution in [0.5, 0.6) is 0 Å². The molecule has 1 nitrogen and oxygen atoms in total. The minimum absolute atomic E-state index is 0.135. The van der Waals surface area contributed by atoms with Gasteiger partial charge in [-0.15, -0.1) is 0 Å². The van der Waals surface area contributed by atoms with E-state index in [0.29, 0.717) is 10.0 Å². The minimum atomic E-state index is 0.135. The summed E-state index contributed by atoms with van der Waals surface area (Å²) < 4.78 is 1.12. The first-order chi connectivity index (χ1) is 9.13. The van der Waals surface area contributed by atoms with E-state index < -0.39 is 0 Å². The Morgan fingerprint density at radius 1 is 1.26 bits per heavy atom. The number of thiophene rings is 1. The lowest BCUT2D eigenvalue weighted by Crippen LogP contribution is -2.23. The lowest BCUT2D eigenvalue weighted by atomic mass is 10.0. The molecular formula is C14H14BrCl2NS. The fourth-order valence-corrected chi connectivity index (χ4v) is 3.74. The van der Waals surface area contributed by atoms with Crippen LogP contribution in [0, 0.1) is 0 Å². The summed E-state index contributed by atoms with van der Waals surface area (Å²) in [5.41, 5.74) is 2.36. The Hall–Kier alpha value is -0.0600. The van der Waals surface area contributed by atoms with E-state index in [2.05, 4.69) is 38.9 Å². The molecule has 0 bridgehead atoms. The number of halogens is 3. The molecule has 5 heteroatoms. The van der Waals surface area contributed by atoms with Crippen molar-refractivity contribution in [1.82, 2.24) is 5.32 Å². The smallest absolute Gasteiger partial charge is 0.0596 e. The Balaban J connectivity index is 2.37. The molecule has 1 heterocycles. The maximum atomic E-state index is 6.12. The third kappa shape index (κ3) is 3.73. The van der Waals surface area contributed by atoms with Gasteiger partial charge in [-0.3, -0.25) is 0 Å². The van der Waals surface area contributed by atoms with E-state index in [4.69, 9.17) is 23.2 Å². The Morgan fingerprint density at radius 3 is 2.63 bits per heavy atom. The molecule has 19 heavy (non-hydrogen) atoms. The first-order valence-electron chi connectivity index (χ1n) is 6.03. The first kappa shape index (κ1) is 15.3. The van der Waals surface area contributed by atoms with Crippen LogP contribution in [-0.2, 0) is 0 Å². The topological polar surface area (TPSA) is 12.0 Å². The molecule has 0 spiro atoms. The molecular weight excluding hydrogens is 365 g/mol. The Kier molecular flexibility index (Phi) is 5.72. The average molecular weight is 379 g/mol. The van der Waals surface area contributed by atoms with Crippen LogP contribution in [0.1, 0.15) is 30.5 Å². The van der Waals surface area contributed by atoms with Crippen LogP contribution in [-0.4, -0.2) is 6.54 Å². The number of hydrogen-bond acceptors (Lipinski definition) is 2. The molecule has 0 saturated heterocycles. The van der Waals surface area contributed by atoms with Crippen molar-refractivity contribution in [3.63, 3.8) is 0 Å². The highest BCUT2D eigenvalue weighted by atomic mass is 79.9. The molecule has 0 aliphatic carbocycles. The van der Waals surface area contributed by atoms with E-state index >= 15 is 0 Å². The van der Waals surface area contributed by atoms with Crippen molar-refractivity contribution in [2.45, 2.75) is 19.4 Å². The van der Waals surface area contributed by atoms with E-state index in [0.717, 1.165) is 23.0 Å². The second-order valence-electron chi connectivity index (χ2n) is 4.24. The van der Waals surface area contributed by atoms with Gasteiger partial charge in [-0.05, 0) is 57.5 Å². The highest BCUT2D eigenvalue weighted by molar-refractivity contribution is 9.10. The Bertz CT molecular complexity index is 556. The van der Waals surface area contributed by atoms with Gasteiger partial charge in [0.15, 0.2) is 0 Å².